The van der Waals surface area contributed by atoms with Crippen molar-refractivity contribution in [1.82, 2.24) is 4.31 Å². The highest BCUT2D eigenvalue weighted by Crippen LogP contribution is 2.24. The number of benzene rings is 2. The maximum absolute atomic E-state index is 12.8. The van der Waals surface area contributed by atoms with Crippen molar-refractivity contribution in [2.24, 2.45) is 5.92 Å². The zero-order valence-corrected chi connectivity index (χ0v) is 17.5. The Hall–Kier alpha value is -2.64. The summed E-state index contributed by atoms with van der Waals surface area (Å²) in [4.78, 5) is 12.4. The first-order chi connectivity index (χ1) is 13.9. The zero-order chi connectivity index (χ0) is 20.9. The third-order valence-corrected chi connectivity index (χ3v) is 6.97. The molecule has 0 radical (unpaired) electrons. The molecule has 1 heterocycles. The zero-order valence-electron chi connectivity index (χ0n) is 16.7. The van der Waals surface area contributed by atoms with Gasteiger partial charge in [0.1, 0.15) is 5.75 Å². The lowest BCUT2D eigenvalue weighted by atomic mass is 10.0. The van der Waals surface area contributed by atoms with Crippen LogP contribution in [-0.4, -0.2) is 38.8 Å². The van der Waals surface area contributed by atoms with E-state index in [2.05, 4.69) is 12.2 Å². The van der Waals surface area contributed by atoms with Crippen molar-refractivity contribution >= 4 is 27.7 Å². The first-order valence-electron chi connectivity index (χ1n) is 9.62. The van der Waals surface area contributed by atoms with Gasteiger partial charge in [-0.3, -0.25) is 4.79 Å². The van der Waals surface area contributed by atoms with Gasteiger partial charge in [-0.25, -0.2) is 8.42 Å². The van der Waals surface area contributed by atoms with Crippen molar-refractivity contribution in [2.75, 3.05) is 25.5 Å². The molecule has 0 aromatic heterocycles. The fraction of sp³-hybridized carbons (Fsp3) is 0.318. The Balaban J connectivity index is 1.64. The second kappa shape index (κ2) is 9.24. The van der Waals surface area contributed by atoms with Crippen LogP contribution < -0.4 is 10.1 Å². The molecule has 1 fully saturated rings. The van der Waals surface area contributed by atoms with Crippen molar-refractivity contribution < 1.29 is 17.9 Å². The van der Waals surface area contributed by atoms with Gasteiger partial charge in [0.05, 0.1) is 12.0 Å². The highest BCUT2D eigenvalue weighted by molar-refractivity contribution is 7.89. The van der Waals surface area contributed by atoms with E-state index in [-0.39, 0.29) is 10.8 Å². The minimum atomic E-state index is -3.49. The van der Waals surface area contributed by atoms with E-state index in [9.17, 15) is 13.2 Å². The summed E-state index contributed by atoms with van der Waals surface area (Å²) in [7, 11) is -1.92. The third-order valence-electron chi connectivity index (χ3n) is 5.06. The van der Waals surface area contributed by atoms with E-state index in [0.29, 0.717) is 30.4 Å². The quantitative estimate of drug-likeness (QED) is 0.730. The maximum atomic E-state index is 12.8. The summed E-state index contributed by atoms with van der Waals surface area (Å²) >= 11 is 0. The van der Waals surface area contributed by atoms with Crippen molar-refractivity contribution in [3.63, 3.8) is 0 Å². The van der Waals surface area contributed by atoms with Crippen LogP contribution in [-0.2, 0) is 14.8 Å². The molecule has 3 rings (SSSR count). The molecule has 6 nitrogen and oxygen atoms in total. The Bertz CT molecular complexity index is 976. The van der Waals surface area contributed by atoms with E-state index in [1.807, 2.05) is 24.3 Å². The van der Waals surface area contributed by atoms with Crippen LogP contribution in [0.1, 0.15) is 25.3 Å². The van der Waals surface area contributed by atoms with Gasteiger partial charge in [-0.1, -0.05) is 25.1 Å². The minimum Gasteiger partial charge on any atom is -0.496 e. The van der Waals surface area contributed by atoms with Gasteiger partial charge >= 0.3 is 0 Å². The highest BCUT2D eigenvalue weighted by atomic mass is 32.2. The van der Waals surface area contributed by atoms with E-state index >= 15 is 0 Å². The molecule has 0 bridgehead atoms. The van der Waals surface area contributed by atoms with Crippen molar-refractivity contribution in [3.05, 3.63) is 60.2 Å². The van der Waals surface area contributed by atoms with Crippen LogP contribution >= 0.6 is 0 Å². The van der Waals surface area contributed by atoms with Gasteiger partial charge in [-0.15, -0.1) is 0 Å². The number of carbonyl (C=O) groups excluding carboxylic acids is 1. The number of amides is 1. The van der Waals surface area contributed by atoms with Gasteiger partial charge in [-0.05, 0) is 55.2 Å². The SMILES string of the molecule is COc1ccccc1/C=C/C(=O)Nc1ccc(S(=O)(=O)N2CCC(C)CC2)cc1. The highest BCUT2D eigenvalue weighted by Gasteiger charge is 2.27. The average Bonchev–Trinajstić information content (AvgIpc) is 2.73. The van der Waals surface area contributed by atoms with Crippen LogP contribution in [0, 0.1) is 5.92 Å². The first-order valence-corrected chi connectivity index (χ1v) is 11.1. The summed E-state index contributed by atoms with van der Waals surface area (Å²) in [5, 5.41) is 2.74. The van der Waals surface area contributed by atoms with E-state index in [0.717, 1.165) is 18.4 Å². The summed E-state index contributed by atoms with van der Waals surface area (Å²) in [5.41, 5.74) is 1.33. The lowest BCUT2D eigenvalue weighted by Gasteiger charge is -2.29. The second-order valence-corrected chi connectivity index (χ2v) is 9.11. The summed E-state index contributed by atoms with van der Waals surface area (Å²) in [6.45, 7) is 3.25. The van der Waals surface area contributed by atoms with Crippen LogP contribution in [0.3, 0.4) is 0 Å². The van der Waals surface area contributed by atoms with Gasteiger partial charge in [0.15, 0.2) is 0 Å². The Morgan fingerprint density at radius 2 is 1.76 bits per heavy atom. The molecule has 154 valence electrons. The smallest absolute Gasteiger partial charge is 0.248 e. The fourth-order valence-electron chi connectivity index (χ4n) is 3.24. The molecule has 0 aliphatic carbocycles. The number of sulfonamides is 1. The van der Waals surface area contributed by atoms with E-state index in [4.69, 9.17) is 4.74 Å². The molecule has 2 aromatic carbocycles. The van der Waals surface area contributed by atoms with E-state index < -0.39 is 10.0 Å². The Labute approximate surface area is 172 Å². The molecule has 7 heteroatoms. The number of hydrogen-bond acceptors (Lipinski definition) is 4. The number of anilines is 1. The molecule has 29 heavy (non-hydrogen) atoms. The molecular weight excluding hydrogens is 388 g/mol. The monoisotopic (exact) mass is 414 g/mol. The van der Waals surface area contributed by atoms with Crippen LogP contribution in [0.15, 0.2) is 59.5 Å². The standard InChI is InChI=1S/C22H26N2O4S/c1-17-13-15-24(16-14-17)29(26,27)20-10-8-19(9-11-20)23-22(25)12-7-18-5-3-4-6-21(18)28-2/h3-12,17H,13-16H2,1-2H3,(H,23,25)/b12-7+. The number of piperidine rings is 1. The van der Waals surface area contributed by atoms with E-state index in [1.165, 1.54) is 22.5 Å². The molecule has 0 spiro atoms. The van der Waals surface area contributed by atoms with Gasteiger partial charge in [0.2, 0.25) is 15.9 Å². The minimum absolute atomic E-state index is 0.245. The molecule has 1 aliphatic rings. The number of methoxy groups -OCH3 is 1. The van der Waals surface area contributed by atoms with Gasteiger partial charge in [0.25, 0.3) is 0 Å². The average molecular weight is 415 g/mol. The van der Waals surface area contributed by atoms with Gasteiger partial charge in [0, 0.05) is 30.4 Å². The Morgan fingerprint density at radius 1 is 1.10 bits per heavy atom. The molecule has 1 aliphatic heterocycles. The fourth-order valence-corrected chi connectivity index (χ4v) is 4.71. The van der Waals surface area contributed by atoms with Gasteiger partial charge in [-0.2, -0.15) is 4.31 Å². The summed E-state index contributed by atoms with van der Waals surface area (Å²) in [6, 6.07) is 13.7. The predicted molar refractivity (Wildman–Crippen MR) is 114 cm³/mol. The number of hydrogen-bond donors (Lipinski definition) is 1. The molecule has 2 aromatic rings. The summed E-state index contributed by atoms with van der Waals surface area (Å²) < 4.78 is 32.3. The molecule has 0 unspecified atom stereocenters. The Kier molecular flexibility index (Phi) is 6.71. The lowest BCUT2D eigenvalue weighted by Crippen LogP contribution is -2.37. The molecule has 1 saturated heterocycles. The Morgan fingerprint density at radius 3 is 2.41 bits per heavy atom. The van der Waals surface area contributed by atoms with Crippen LogP contribution in [0.4, 0.5) is 5.69 Å². The number of nitrogens with zero attached hydrogens (tertiary/aromatic N) is 1. The molecule has 1 amide bonds. The van der Waals surface area contributed by atoms with Crippen molar-refractivity contribution in [2.45, 2.75) is 24.7 Å². The number of rotatable bonds is 6. The third kappa shape index (κ3) is 5.25. The molecule has 0 saturated carbocycles. The second-order valence-electron chi connectivity index (χ2n) is 7.18. The number of para-hydroxylation sites is 1. The maximum Gasteiger partial charge on any atom is 0.248 e. The number of carbonyl (C=O) groups is 1. The van der Waals surface area contributed by atoms with Crippen LogP contribution in [0.5, 0.6) is 5.75 Å². The van der Waals surface area contributed by atoms with Crippen molar-refractivity contribution in [1.29, 1.82) is 0 Å². The summed E-state index contributed by atoms with van der Waals surface area (Å²) in [6.07, 6.45) is 4.85. The van der Waals surface area contributed by atoms with Crippen LogP contribution in [0.25, 0.3) is 6.08 Å². The van der Waals surface area contributed by atoms with Crippen LogP contribution in [0.2, 0.25) is 0 Å². The number of ether oxygens (including phenoxy) is 1. The summed E-state index contributed by atoms with van der Waals surface area (Å²) in [5.74, 6) is 0.928. The molecular formula is C22H26N2O4S. The first kappa shape index (κ1) is 21.1. The predicted octanol–water partition coefficient (Wildman–Crippen LogP) is 3.77. The van der Waals surface area contributed by atoms with Gasteiger partial charge < -0.3 is 10.1 Å². The largest absolute Gasteiger partial charge is 0.496 e. The van der Waals surface area contributed by atoms with Crippen molar-refractivity contribution in [3.8, 4) is 5.75 Å². The topological polar surface area (TPSA) is 75.7 Å². The van der Waals surface area contributed by atoms with E-state index in [1.54, 1.807) is 25.3 Å². The number of nitrogens with one attached hydrogen (secondary N) is 1. The lowest BCUT2D eigenvalue weighted by molar-refractivity contribution is -0.111. The molecule has 1 N–H and O–H groups in total. The molecule has 0 atom stereocenters. The normalized spacial score (nSPS) is 16.1.